The summed E-state index contributed by atoms with van der Waals surface area (Å²) in [6.45, 7) is 18.0. The van der Waals surface area contributed by atoms with Crippen molar-refractivity contribution in [3.8, 4) is 0 Å². The van der Waals surface area contributed by atoms with E-state index in [2.05, 4.69) is 54.4 Å². The van der Waals surface area contributed by atoms with Crippen LogP contribution in [0.3, 0.4) is 0 Å². The van der Waals surface area contributed by atoms with Gasteiger partial charge < -0.3 is 25.1 Å². The molecule has 0 aromatic carbocycles. The number of aliphatic hydroxyl groups is 1. The van der Waals surface area contributed by atoms with Crippen LogP contribution in [-0.4, -0.2) is 73.8 Å². The van der Waals surface area contributed by atoms with Gasteiger partial charge in [0.1, 0.15) is 6.61 Å². The maximum Gasteiger partial charge on any atom is 0.404 e. The molecule has 0 aromatic heterocycles. The molecule has 3 unspecified atom stereocenters. The fourth-order valence-electron chi connectivity index (χ4n) is 3.90. The lowest BCUT2D eigenvalue weighted by atomic mass is 9.63. The van der Waals surface area contributed by atoms with Crippen molar-refractivity contribution in [3.63, 3.8) is 0 Å². The molecule has 3 atom stereocenters. The third-order valence-electron chi connectivity index (χ3n) is 5.04. The summed E-state index contributed by atoms with van der Waals surface area (Å²) in [5, 5.41) is 8.89. The molecule has 0 saturated heterocycles. The van der Waals surface area contributed by atoms with Crippen LogP contribution in [0.2, 0.25) is 0 Å². The number of nitrogens with zero attached hydrogens (tertiary/aromatic N) is 2. The molecule has 0 radical (unpaired) electrons. The molecule has 0 heterocycles. The largest absolute Gasteiger partial charge is 0.458 e. The summed E-state index contributed by atoms with van der Waals surface area (Å²) in [6.07, 6.45) is 4.29. The van der Waals surface area contributed by atoms with Gasteiger partial charge in [-0.1, -0.05) is 33.9 Å². The number of esters is 2. The monoisotopic (exact) mass is 539 g/mol. The molecule has 1 saturated carbocycles. The van der Waals surface area contributed by atoms with Crippen LogP contribution in [0.1, 0.15) is 60.8 Å². The van der Waals surface area contributed by atoms with Gasteiger partial charge in [0, 0.05) is 11.1 Å². The van der Waals surface area contributed by atoms with Gasteiger partial charge in [0.15, 0.2) is 6.10 Å². The number of amides is 1. The number of carbonyl (C=O) groups is 3. The van der Waals surface area contributed by atoms with E-state index in [1.807, 2.05) is 0 Å². The Balaban J connectivity index is 0. The zero-order valence-corrected chi connectivity index (χ0v) is 23.2. The number of hydrogen-bond donors (Lipinski definition) is 2. The van der Waals surface area contributed by atoms with Crippen LogP contribution in [0.4, 0.5) is 4.79 Å². The summed E-state index contributed by atoms with van der Waals surface area (Å²) in [4.78, 5) is 59.8. The number of carbonyl (C=O) groups excluding carboxylic acids is 5. The van der Waals surface area contributed by atoms with Crippen LogP contribution >= 0.6 is 0 Å². The van der Waals surface area contributed by atoms with E-state index in [0.717, 1.165) is 19.3 Å². The highest BCUT2D eigenvalue weighted by atomic mass is 16.6. The van der Waals surface area contributed by atoms with Crippen LogP contribution < -0.4 is 5.73 Å². The Kier molecular flexibility index (Phi) is 17.9. The molecule has 0 bridgehead atoms. The first-order chi connectivity index (χ1) is 17.6. The summed E-state index contributed by atoms with van der Waals surface area (Å²) in [6, 6.07) is 0.00750. The highest BCUT2D eigenvalue weighted by Gasteiger charge is 2.41. The van der Waals surface area contributed by atoms with Crippen LogP contribution in [-0.2, 0) is 33.4 Å². The van der Waals surface area contributed by atoms with Gasteiger partial charge >= 0.3 is 18.0 Å². The fourth-order valence-corrected chi connectivity index (χ4v) is 3.90. The van der Waals surface area contributed by atoms with Gasteiger partial charge in [0.05, 0.1) is 25.8 Å². The summed E-state index contributed by atoms with van der Waals surface area (Å²) in [5.41, 5.74) is 5.05. The van der Waals surface area contributed by atoms with Crippen LogP contribution in [0, 0.1) is 10.8 Å². The average Bonchev–Trinajstić information content (AvgIpc) is 2.79. The van der Waals surface area contributed by atoms with Crippen molar-refractivity contribution in [3.05, 3.63) is 24.3 Å². The van der Waals surface area contributed by atoms with E-state index in [1.165, 1.54) is 13.8 Å². The Morgan fingerprint density at radius 3 is 2.03 bits per heavy atom. The normalized spacial score (nSPS) is 19.6. The molecular formula is C26H41N3O9. The van der Waals surface area contributed by atoms with Crippen molar-refractivity contribution in [1.29, 1.82) is 0 Å². The predicted molar refractivity (Wildman–Crippen MR) is 139 cm³/mol. The lowest BCUT2D eigenvalue weighted by Crippen LogP contribution is -2.39. The van der Waals surface area contributed by atoms with E-state index in [0.29, 0.717) is 13.2 Å². The highest BCUT2D eigenvalue weighted by Crippen LogP contribution is 2.47. The second-order valence-corrected chi connectivity index (χ2v) is 9.96. The zero-order chi connectivity index (χ0) is 29.9. The summed E-state index contributed by atoms with van der Waals surface area (Å²) in [7, 11) is 0. The SMILES string of the molecule is C=C(C)C(=O)OCC(CO)OC(=O)C(=C)C.CC1(C)CC(N=C=O)CC(C)(CN=C=O)C1.CCOC(N)=O. The molecule has 0 aliphatic heterocycles. The average molecular weight is 540 g/mol. The number of primary amides is 1. The molecular weight excluding hydrogens is 498 g/mol. The van der Waals surface area contributed by atoms with Crippen molar-refractivity contribution in [2.75, 3.05) is 26.4 Å². The Morgan fingerprint density at radius 2 is 1.63 bits per heavy atom. The second kappa shape index (κ2) is 18.6. The number of ether oxygens (including phenoxy) is 3. The summed E-state index contributed by atoms with van der Waals surface area (Å²) >= 11 is 0. The Hall–Kier alpha value is -3.59. The molecule has 1 amide bonds. The van der Waals surface area contributed by atoms with E-state index in [9.17, 15) is 24.0 Å². The molecule has 214 valence electrons. The lowest BCUT2D eigenvalue weighted by molar-refractivity contribution is -0.156. The highest BCUT2D eigenvalue weighted by molar-refractivity contribution is 5.87. The number of isocyanates is 2. The standard InChI is InChI=1S/C12H18N2O2.C11H16O5.C3H7NO2/c1-11(2)4-10(14-9-16)5-12(3,6-11)7-13-8-15;1-7(2)10(13)15-6-9(5-12)16-11(14)8(3)4;1-2-6-3(4)5/h10H,4-7H2,1-3H3;9,12H,1,3,5-6H2,2,4H3;2H2,1H3,(H2,4,5). The third kappa shape index (κ3) is 17.8. The van der Waals surface area contributed by atoms with Gasteiger partial charge in [-0.05, 0) is 50.9 Å². The Labute approximate surface area is 224 Å². The van der Waals surface area contributed by atoms with Gasteiger partial charge in [-0.15, -0.1) is 0 Å². The van der Waals surface area contributed by atoms with E-state index in [4.69, 9.17) is 14.6 Å². The maximum absolute atomic E-state index is 11.1. The Bertz CT molecular complexity index is 919. The molecule has 12 heteroatoms. The topological polar surface area (TPSA) is 184 Å². The number of rotatable bonds is 10. The quantitative estimate of drug-likeness (QED) is 0.138. The van der Waals surface area contributed by atoms with E-state index in [-0.39, 0.29) is 34.6 Å². The van der Waals surface area contributed by atoms with Crippen molar-refractivity contribution >= 4 is 30.2 Å². The first-order valence-electron chi connectivity index (χ1n) is 11.9. The van der Waals surface area contributed by atoms with Crippen molar-refractivity contribution in [1.82, 2.24) is 0 Å². The number of aliphatic hydroxyl groups excluding tert-OH is 1. The number of aliphatic imine (C=N–C) groups is 2. The minimum absolute atomic E-state index is 0.00750. The summed E-state index contributed by atoms with van der Waals surface area (Å²) in [5.74, 6) is -1.23. The first kappa shape index (κ1) is 36.6. The molecule has 1 fully saturated rings. The minimum atomic E-state index is -0.882. The van der Waals surface area contributed by atoms with E-state index < -0.39 is 30.7 Å². The molecule has 38 heavy (non-hydrogen) atoms. The van der Waals surface area contributed by atoms with Crippen molar-refractivity contribution < 1.29 is 43.3 Å². The van der Waals surface area contributed by atoms with Crippen LogP contribution in [0.15, 0.2) is 34.3 Å². The molecule has 1 rings (SSSR count). The third-order valence-corrected chi connectivity index (χ3v) is 5.04. The second-order valence-electron chi connectivity index (χ2n) is 9.96. The lowest BCUT2D eigenvalue weighted by Gasteiger charge is -2.44. The van der Waals surface area contributed by atoms with Gasteiger partial charge in [-0.25, -0.2) is 34.0 Å². The number of nitrogens with two attached hydrogens (primary N) is 1. The Morgan fingerprint density at radius 1 is 1.05 bits per heavy atom. The molecule has 1 aliphatic rings. The molecule has 3 N–H and O–H groups in total. The van der Waals surface area contributed by atoms with Crippen molar-refractivity contribution in [2.45, 2.75) is 73.0 Å². The first-order valence-corrected chi connectivity index (χ1v) is 11.9. The zero-order valence-electron chi connectivity index (χ0n) is 23.2. The molecule has 0 aromatic rings. The molecule has 12 nitrogen and oxygen atoms in total. The fraction of sp³-hybridized carbons (Fsp3) is 0.654. The van der Waals surface area contributed by atoms with Gasteiger partial charge in [-0.2, -0.15) is 0 Å². The maximum atomic E-state index is 11.1. The summed E-state index contributed by atoms with van der Waals surface area (Å²) < 4.78 is 13.7. The molecule has 1 aliphatic carbocycles. The number of hydrogen-bond acceptors (Lipinski definition) is 11. The van der Waals surface area contributed by atoms with E-state index >= 15 is 0 Å². The molecule has 0 spiro atoms. The van der Waals surface area contributed by atoms with Gasteiger partial charge in [0.25, 0.3) is 0 Å². The smallest absolute Gasteiger partial charge is 0.404 e. The predicted octanol–water partition coefficient (Wildman–Crippen LogP) is 2.93. The van der Waals surface area contributed by atoms with Crippen molar-refractivity contribution in [2.24, 2.45) is 26.5 Å². The van der Waals surface area contributed by atoms with Gasteiger partial charge in [-0.3, -0.25) is 0 Å². The van der Waals surface area contributed by atoms with Crippen LogP contribution in [0.25, 0.3) is 0 Å². The van der Waals surface area contributed by atoms with Gasteiger partial charge in [0.2, 0.25) is 12.2 Å². The van der Waals surface area contributed by atoms with E-state index in [1.54, 1.807) is 19.1 Å². The minimum Gasteiger partial charge on any atom is -0.458 e. The van der Waals surface area contributed by atoms with Crippen LogP contribution in [0.5, 0.6) is 0 Å².